The van der Waals surface area contributed by atoms with Crippen molar-refractivity contribution in [2.24, 2.45) is 0 Å². The average molecular weight is 380 g/mol. The number of methoxy groups -OCH3 is 1. The molecule has 144 valence electrons. The molecule has 3 heterocycles. The Morgan fingerprint density at radius 1 is 1.04 bits per heavy atom. The van der Waals surface area contributed by atoms with Gasteiger partial charge in [-0.2, -0.15) is 0 Å². The summed E-state index contributed by atoms with van der Waals surface area (Å²) in [6.45, 7) is 1.72. The van der Waals surface area contributed by atoms with Gasteiger partial charge in [-0.3, -0.25) is 9.78 Å². The Morgan fingerprint density at radius 2 is 1.82 bits per heavy atom. The smallest absolute Gasteiger partial charge is 0.415 e. The summed E-state index contributed by atoms with van der Waals surface area (Å²) in [5.74, 6) is 1.06. The minimum Gasteiger partial charge on any atom is -0.497 e. The van der Waals surface area contributed by atoms with Crippen LogP contribution in [-0.4, -0.2) is 65.1 Å². The molecule has 1 aliphatic rings. The molecule has 3 aromatic rings. The van der Waals surface area contributed by atoms with Gasteiger partial charge in [0.2, 0.25) is 0 Å². The molecule has 0 bridgehead atoms. The number of piperazine rings is 1. The number of aromatic nitrogens is 2. The molecule has 0 aliphatic carbocycles. The van der Waals surface area contributed by atoms with Crippen LogP contribution in [0.5, 0.6) is 11.5 Å². The number of H-pyrrole nitrogens is 1. The van der Waals surface area contributed by atoms with Gasteiger partial charge in [0.25, 0.3) is 5.91 Å². The van der Waals surface area contributed by atoms with Gasteiger partial charge in [0.05, 0.1) is 13.3 Å². The molecule has 0 spiro atoms. The van der Waals surface area contributed by atoms with E-state index < -0.39 is 6.09 Å². The van der Waals surface area contributed by atoms with Crippen LogP contribution in [0.15, 0.2) is 48.8 Å². The van der Waals surface area contributed by atoms with Gasteiger partial charge in [-0.05, 0) is 36.4 Å². The van der Waals surface area contributed by atoms with Crippen LogP contribution in [0.25, 0.3) is 10.9 Å². The molecule has 4 rings (SSSR count). The van der Waals surface area contributed by atoms with Gasteiger partial charge in [-0.15, -0.1) is 0 Å². The molecule has 8 heteroatoms. The first-order valence-corrected chi connectivity index (χ1v) is 8.97. The summed E-state index contributed by atoms with van der Waals surface area (Å²) in [7, 11) is 1.61. The molecular formula is C20H20N4O4. The van der Waals surface area contributed by atoms with Crippen LogP contribution in [0.1, 0.15) is 10.5 Å². The normalized spacial score (nSPS) is 14.2. The highest BCUT2D eigenvalue weighted by Crippen LogP contribution is 2.22. The van der Waals surface area contributed by atoms with Crippen molar-refractivity contribution < 1.29 is 19.1 Å². The minimum absolute atomic E-state index is 0.0876. The van der Waals surface area contributed by atoms with Crippen molar-refractivity contribution in [1.29, 1.82) is 0 Å². The number of hydrogen-bond acceptors (Lipinski definition) is 5. The zero-order valence-corrected chi connectivity index (χ0v) is 15.4. The Kier molecular flexibility index (Phi) is 4.84. The number of nitrogens with one attached hydrogen (secondary N) is 1. The quantitative estimate of drug-likeness (QED) is 0.754. The summed E-state index contributed by atoms with van der Waals surface area (Å²) in [5.41, 5.74) is 1.40. The molecular weight excluding hydrogens is 360 g/mol. The number of rotatable bonds is 3. The Bertz CT molecular complexity index is 994. The average Bonchev–Trinajstić information content (AvgIpc) is 3.17. The first-order valence-electron chi connectivity index (χ1n) is 8.97. The fraction of sp³-hybridized carbons (Fsp3) is 0.250. The maximum atomic E-state index is 12.8. The maximum absolute atomic E-state index is 12.8. The van der Waals surface area contributed by atoms with Gasteiger partial charge in [0, 0.05) is 43.3 Å². The third-order valence-corrected chi connectivity index (χ3v) is 4.72. The van der Waals surface area contributed by atoms with Gasteiger partial charge in [0.1, 0.15) is 11.4 Å². The number of nitrogens with zero attached hydrogens (tertiary/aromatic N) is 3. The molecule has 2 aromatic heterocycles. The lowest BCUT2D eigenvalue weighted by Gasteiger charge is -2.33. The van der Waals surface area contributed by atoms with Crippen molar-refractivity contribution in [3.8, 4) is 11.5 Å². The molecule has 1 aliphatic heterocycles. The Hall–Kier alpha value is -3.55. The highest BCUT2D eigenvalue weighted by Gasteiger charge is 2.26. The molecule has 28 heavy (non-hydrogen) atoms. The number of carbonyl (C=O) groups excluding carboxylic acids is 2. The maximum Gasteiger partial charge on any atom is 0.415 e. The third-order valence-electron chi connectivity index (χ3n) is 4.72. The third kappa shape index (κ3) is 3.62. The molecule has 0 radical (unpaired) electrons. The van der Waals surface area contributed by atoms with Crippen molar-refractivity contribution in [3.63, 3.8) is 0 Å². The van der Waals surface area contributed by atoms with E-state index in [0.29, 0.717) is 37.6 Å². The van der Waals surface area contributed by atoms with Crippen molar-refractivity contribution >= 4 is 22.9 Å². The van der Waals surface area contributed by atoms with E-state index in [-0.39, 0.29) is 5.91 Å². The number of hydrogen-bond donors (Lipinski definition) is 1. The highest BCUT2D eigenvalue weighted by molar-refractivity contribution is 5.98. The number of benzene rings is 1. The molecule has 2 amide bonds. The largest absolute Gasteiger partial charge is 0.497 e. The molecule has 8 nitrogen and oxygen atoms in total. The van der Waals surface area contributed by atoms with Crippen molar-refractivity contribution in [1.82, 2.24) is 19.8 Å². The molecule has 0 atom stereocenters. The van der Waals surface area contributed by atoms with E-state index in [1.54, 1.807) is 35.2 Å². The van der Waals surface area contributed by atoms with Crippen molar-refractivity contribution in [3.05, 3.63) is 54.5 Å². The van der Waals surface area contributed by atoms with E-state index in [1.165, 1.54) is 6.20 Å². The van der Waals surface area contributed by atoms with Crippen LogP contribution in [0.2, 0.25) is 0 Å². The van der Waals surface area contributed by atoms with Gasteiger partial charge in [-0.1, -0.05) is 0 Å². The van der Waals surface area contributed by atoms with Crippen LogP contribution in [0.3, 0.4) is 0 Å². The number of carbonyl (C=O) groups is 2. The number of fused-ring (bicyclic) bond motifs is 1. The molecule has 1 fully saturated rings. The van der Waals surface area contributed by atoms with E-state index in [4.69, 9.17) is 9.47 Å². The number of amides is 2. The molecule has 0 saturated carbocycles. The summed E-state index contributed by atoms with van der Waals surface area (Å²) in [5, 5.41) is 0.918. The van der Waals surface area contributed by atoms with E-state index in [9.17, 15) is 9.59 Å². The second-order valence-corrected chi connectivity index (χ2v) is 6.47. The molecule has 1 N–H and O–H groups in total. The van der Waals surface area contributed by atoms with Crippen LogP contribution < -0.4 is 9.47 Å². The van der Waals surface area contributed by atoms with E-state index in [1.807, 2.05) is 24.3 Å². The van der Waals surface area contributed by atoms with E-state index >= 15 is 0 Å². The van der Waals surface area contributed by atoms with Crippen LogP contribution in [-0.2, 0) is 0 Å². The predicted octanol–water partition coefficient (Wildman–Crippen LogP) is 2.53. The van der Waals surface area contributed by atoms with Crippen LogP contribution in [0, 0.1) is 0 Å². The summed E-state index contributed by atoms with van der Waals surface area (Å²) >= 11 is 0. The molecule has 1 saturated heterocycles. The second kappa shape index (κ2) is 7.59. The van der Waals surface area contributed by atoms with Gasteiger partial charge in [-0.25, -0.2) is 4.79 Å². The first kappa shape index (κ1) is 17.8. The SMILES string of the molecule is COc1ccc2[nH]c(C(=O)N3CCN(C(=O)Oc4cccnc4)CC3)cc2c1. The van der Waals surface area contributed by atoms with Crippen LogP contribution >= 0.6 is 0 Å². The fourth-order valence-corrected chi connectivity index (χ4v) is 3.19. The summed E-state index contributed by atoms with van der Waals surface area (Å²) in [6.07, 6.45) is 2.67. The topological polar surface area (TPSA) is 87.8 Å². The number of ether oxygens (including phenoxy) is 2. The molecule has 0 unspecified atom stereocenters. The standard InChI is InChI=1S/C20H20N4O4/c1-27-15-4-5-17-14(11-15)12-18(22-17)19(25)23-7-9-24(10-8-23)20(26)28-16-3-2-6-21-13-16/h2-6,11-13,22H,7-10H2,1H3. The minimum atomic E-state index is -0.433. The van der Waals surface area contributed by atoms with Gasteiger partial charge < -0.3 is 24.3 Å². The monoisotopic (exact) mass is 380 g/mol. The fourth-order valence-electron chi connectivity index (χ4n) is 3.19. The number of aromatic amines is 1. The first-order chi connectivity index (χ1) is 13.6. The number of pyridine rings is 1. The van der Waals surface area contributed by atoms with E-state index in [0.717, 1.165) is 16.7 Å². The van der Waals surface area contributed by atoms with Crippen LogP contribution in [0.4, 0.5) is 4.79 Å². The Balaban J connectivity index is 1.38. The lowest BCUT2D eigenvalue weighted by Crippen LogP contribution is -2.51. The van der Waals surface area contributed by atoms with E-state index in [2.05, 4.69) is 9.97 Å². The lowest BCUT2D eigenvalue weighted by molar-refractivity contribution is 0.0629. The zero-order chi connectivity index (χ0) is 19.5. The summed E-state index contributed by atoms with van der Waals surface area (Å²) in [6, 6.07) is 10.8. The van der Waals surface area contributed by atoms with Crippen molar-refractivity contribution in [2.75, 3.05) is 33.3 Å². The Morgan fingerprint density at radius 3 is 2.54 bits per heavy atom. The summed E-state index contributed by atoms with van der Waals surface area (Å²) < 4.78 is 10.5. The van der Waals surface area contributed by atoms with Gasteiger partial charge >= 0.3 is 6.09 Å². The van der Waals surface area contributed by atoms with Crippen molar-refractivity contribution in [2.45, 2.75) is 0 Å². The Labute approximate surface area is 161 Å². The second-order valence-electron chi connectivity index (χ2n) is 6.47. The lowest BCUT2D eigenvalue weighted by atomic mass is 10.2. The molecule has 1 aromatic carbocycles. The summed E-state index contributed by atoms with van der Waals surface area (Å²) in [4.78, 5) is 35.5. The zero-order valence-electron chi connectivity index (χ0n) is 15.4. The van der Waals surface area contributed by atoms with Gasteiger partial charge in [0.15, 0.2) is 5.75 Å². The predicted molar refractivity (Wildman–Crippen MR) is 103 cm³/mol. The highest BCUT2D eigenvalue weighted by atomic mass is 16.6.